The third kappa shape index (κ3) is 7.15. The molecule has 1 heterocycles. The molecule has 1 aliphatic rings. The maximum Gasteiger partial charge on any atom is 0.328 e. The Bertz CT molecular complexity index is 921. The first-order valence-corrected chi connectivity index (χ1v) is 10.5. The first-order valence-electron chi connectivity index (χ1n) is 10.5. The molecule has 13 heteroatoms. The number of nitrogens with zero attached hydrogens (tertiary/aromatic N) is 1. The molecule has 4 unspecified atom stereocenters. The number of phenolic OH excluding ortho intramolecular Hbond substituents is 1. The molecule has 13 nitrogen and oxygen atoms in total. The minimum atomic E-state index is -1.54. The zero-order valence-electron chi connectivity index (χ0n) is 18.2. The van der Waals surface area contributed by atoms with Crippen LogP contribution >= 0.6 is 0 Å². The van der Waals surface area contributed by atoms with Gasteiger partial charge in [-0.15, -0.1) is 0 Å². The summed E-state index contributed by atoms with van der Waals surface area (Å²) in [5.41, 5.74) is 6.18. The van der Waals surface area contributed by atoms with Gasteiger partial charge in [-0.05, 0) is 30.5 Å². The second-order valence-electron chi connectivity index (χ2n) is 7.91. The fraction of sp³-hybridized carbons (Fsp3) is 0.476. The molecule has 0 saturated carbocycles. The van der Waals surface area contributed by atoms with Crippen molar-refractivity contribution >= 4 is 29.7 Å². The van der Waals surface area contributed by atoms with Gasteiger partial charge in [0.2, 0.25) is 17.7 Å². The molecule has 0 aromatic heterocycles. The Morgan fingerprint density at radius 2 is 1.71 bits per heavy atom. The largest absolute Gasteiger partial charge is 0.508 e. The molecule has 2 rings (SSSR count). The second kappa shape index (κ2) is 12.0. The van der Waals surface area contributed by atoms with Crippen LogP contribution in [0.5, 0.6) is 5.75 Å². The topological polar surface area (TPSA) is 220 Å². The number of nitrogens with one attached hydrogen (secondary N) is 2. The number of rotatable bonds is 11. The molecule has 1 saturated heterocycles. The highest BCUT2D eigenvalue weighted by Crippen LogP contribution is 2.20. The Morgan fingerprint density at radius 1 is 1.06 bits per heavy atom. The van der Waals surface area contributed by atoms with Crippen molar-refractivity contribution in [3.05, 3.63) is 29.8 Å². The summed E-state index contributed by atoms with van der Waals surface area (Å²) in [5.74, 6) is -5.01. The standard InChI is InChI=1S/C21H28N4O9/c22-13(9-17(28)29)18(30)23-14(8-11-3-5-12(27)6-4-11)20(32)25-7-1-2-16(25)19(31)24-15(10-26)21(33)34/h3-6,13-16,26-27H,1-2,7-10,22H2,(H,23,30)(H,24,31)(H,28,29)(H,33,34). The van der Waals surface area contributed by atoms with E-state index in [4.69, 9.17) is 21.1 Å². The third-order valence-electron chi connectivity index (χ3n) is 5.36. The molecule has 0 aliphatic carbocycles. The minimum absolute atomic E-state index is 0.00714. The number of carbonyl (C=O) groups excluding carboxylic acids is 3. The van der Waals surface area contributed by atoms with Crippen LogP contribution < -0.4 is 16.4 Å². The molecule has 186 valence electrons. The van der Waals surface area contributed by atoms with E-state index in [9.17, 15) is 29.1 Å². The third-order valence-corrected chi connectivity index (χ3v) is 5.36. The van der Waals surface area contributed by atoms with E-state index >= 15 is 0 Å². The van der Waals surface area contributed by atoms with E-state index in [0.717, 1.165) is 0 Å². The molecule has 1 aromatic rings. The number of carbonyl (C=O) groups is 5. The summed E-state index contributed by atoms with van der Waals surface area (Å²) in [4.78, 5) is 61.6. The lowest BCUT2D eigenvalue weighted by Gasteiger charge is -2.30. The van der Waals surface area contributed by atoms with Crippen LogP contribution in [0.15, 0.2) is 24.3 Å². The van der Waals surface area contributed by atoms with Gasteiger partial charge < -0.3 is 41.7 Å². The van der Waals surface area contributed by atoms with Gasteiger partial charge in [-0.2, -0.15) is 0 Å². The second-order valence-corrected chi connectivity index (χ2v) is 7.91. The quantitative estimate of drug-likeness (QED) is 0.181. The Labute approximate surface area is 194 Å². The predicted octanol–water partition coefficient (Wildman–Crippen LogP) is -2.23. The summed E-state index contributed by atoms with van der Waals surface area (Å²) in [6.07, 6.45) is -0.00481. The molecule has 1 aromatic carbocycles. The van der Waals surface area contributed by atoms with Gasteiger partial charge >= 0.3 is 11.9 Å². The number of benzene rings is 1. The Kier molecular flexibility index (Phi) is 9.33. The van der Waals surface area contributed by atoms with Crippen molar-refractivity contribution in [1.29, 1.82) is 0 Å². The Balaban J connectivity index is 2.23. The van der Waals surface area contributed by atoms with Gasteiger partial charge in [-0.3, -0.25) is 19.2 Å². The Morgan fingerprint density at radius 3 is 2.26 bits per heavy atom. The van der Waals surface area contributed by atoms with E-state index in [1.807, 2.05) is 0 Å². The van der Waals surface area contributed by atoms with Gasteiger partial charge in [0.15, 0.2) is 0 Å². The molecule has 3 amide bonds. The SMILES string of the molecule is NC(CC(=O)O)C(=O)NC(Cc1ccc(O)cc1)C(=O)N1CCCC1C(=O)NC(CO)C(=O)O. The molecule has 1 fully saturated rings. The van der Waals surface area contributed by atoms with Crippen molar-refractivity contribution < 1.29 is 44.4 Å². The summed E-state index contributed by atoms with van der Waals surface area (Å²) in [5, 5.41) is 41.2. The molecule has 0 spiro atoms. The number of hydrogen-bond donors (Lipinski definition) is 7. The highest BCUT2D eigenvalue weighted by molar-refractivity contribution is 5.95. The summed E-state index contributed by atoms with van der Waals surface area (Å²) < 4.78 is 0. The van der Waals surface area contributed by atoms with Crippen LogP contribution in [-0.4, -0.2) is 92.3 Å². The normalized spacial score (nSPS) is 17.9. The number of likely N-dealkylation sites (tertiary alicyclic amines) is 1. The van der Waals surface area contributed by atoms with Gasteiger partial charge in [-0.25, -0.2) is 4.79 Å². The molecule has 1 aliphatic heterocycles. The van der Waals surface area contributed by atoms with Crippen molar-refractivity contribution in [2.75, 3.05) is 13.2 Å². The van der Waals surface area contributed by atoms with Gasteiger partial charge in [-0.1, -0.05) is 12.1 Å². The average Bonchev–Trinajstić information content (AvgIpc) is 3.27. The molecule has 0 bridgehead atoms. The maximum atomic E-state index is 13.4. The number of aliphatic hydroxyl groups is 1. The van der Waals surface area contributed by atoms with Crippen LogP contribution in [0.3, 0.4) is 0 Å². The van der Waals surface area contributed by atoms with E-state index in [0.29, 0.717) is 12.0 Å². The number of aliphatic carboxylic acids is 2. The van der Waals surface area contributed by atoms with Crippen molar-refractivity contribution in [1.82, 2.24) is 15.5 Å². The fourth-order valence-corrected chi connectivity index (χ4v) is 3.58. The number of amides is 3. The zero-order chi connectivity index (χ0) is 25.4. The smallest absolute Gasteiger partial charge is 0.328 e. The minimum Gasteiger partial charge on any atom is -0.508 e. The molecular formula is C21H28N4O9. The van der Waals surface area contributed by atoms with Crippen LogP contribution in [0.4, 0.5) is 0 Å². The molecule has 8 N–H and O–H groups in total. The zero-order valence-corrected chi connectivity index (χ0v) is 18.2. The van der Waals surface area contributed by atoms with Crippen molar-refractivity contribution in [3.8, 4) is 5.75 Å². The van der Waals surface area contributed by atoms with Crippen LogP contribution in [0, 0.1) is 0 Å². The summed E-state index contributed by atoms with van der Waals surface area (Å²) in [7, 11) is 0. The van der Waals surface area contributed by atoms with Gasteiger partial charge in [0.25, 0.3) is 0 Å². The molecule has 34 heavy (non-hydrogen) atoms. The lowest BCUT2D eigenvalue weighted by Crippen LogP contribution is -2.57. The van der Waals surface area contributed by atoms with Gasteiger partial charge in [0.05, 0.1) is 19.1 Å². The fourth-order valence-electron chi connectivity index (χ4n) is 3.58. The van der Waals surface area contributed by atoms with E-state index in [2.05, 4.69) is 10.6 Å². The number of aliphatic hydroxyl groups excluding tert-OH is 1. The maximum absolute atomic E-state index is 13.4. The van der Waals surface area contributed by atoms with E-state index in [1.165, 1.54) is 29.2 Å². The summed E-state index contributed by atoms with van der Waals surface area (Å²) >= 11 is 0. The van der Waals surface area contributed by atoms with Crippen molar-refractivity contribution in [2.45, 2.75) is 49.9 Å². The van der Waals surface area contributed by atoms with Crippen molar-refractivity contribution in [2.24, 2.45) is 5.73 Å². The monoisotopic (exact) mass is 480 g/mol. The van der Waals surface area contributed by atoms with E-state index in [-0.39, 0.29) is 25.1 Å². The van der Waals surface area contributed by atoms with Gasteiger partial charge in [0, 0.05) is 13.0 Å². The van der Waals surface area contributed by atoms with Crippen LogP contribution in [-0.2, 0) is 30.4 Å². The average molecular weight is 480 g/mol. The Hall–Kier alpha value is -3.71. The molecule has 0 radical (unpaired) electrons. The highest BCUT2D eigenvalue weighted by atomic mass is 16.4. The van der Waals surface area contributed by atoms with Crippen LogP contribution in [0.2, 0.25) is 0 Å². The van der Waals surface area contributed by atoms with E-state index < -0.39 is 66.9 Å². The predicted molar refractivity (Wildman–Crippen MR) is 115 cm³/mol. The lowest BCUT2D eigenvalue weighted by molar-refractivity contribution is -0.145. The molecular weight excluding hydrogens is 452 g/mol. The van der Waals surface area contributed by atoms with Crippen LogP contribution in [0.1, 0.15) is 24.8 Å². The first kappa shape index (κ1) is 26.5. The van der Waals surface area contributed by atoms with Crippen molar-refractivity contribution in [3.63, 3.8) is 0 Å². The highest BCUT2D eigenvalue weighted by Gasteiger charge is 2.39. The van der Waals surface area contributed by atoms with Crippen LogP contribution in [0.25, 0.3) is 0 Å². The number of aromatic hydroxyl groups is 1. The van der Waals surface area contributed by atoms with Gasteiger partial charge in [0.1, 0.15) is 23.9 Å². The number of carboxylic acids is 2. The lowest BCUT2D eigenvalue weighted by atomic mass is 10.0. The summed E-state index contributed by atoms with van der Waals surface area (Å²) in [6, 6.07) is 0.672. The van der Waals surface area contributed by atoms with E-state index in [1.54, 1.807) is 0 Å². The number of nitrogens with two attached hydrogens (primary N) is 1. The summed E-state index contributed by atoms with van der Waals surface area (Å²) in [6.45, 7) is -0.667. The number of hydrogen-bond acceptors (Lipinski definition) is 8. The number of phenols is 1. The number of carboxylic acid groups (broad SMARTS) is 2. The first-order chi connectivity index (χ1) is 16.0. The molecule has 4 atom stereocenters.